The Hall–Kier alpha value is -0.720. The number of hydrogen-bond acceptors (Lipinski definition) is 5. The fourth-order valence-corrected chi connectivity index (χ4v) is 2.18. The van der Waals surface area contributed by atoms with Crippen LogP contribution in [0.3, 0.4) is 0 Å². The lowest BCUT2D eigenvalue weighted by atomic mass is 10.4. The summed E-state index contributed by atoms with van der Waals surface area (Å²) in [7, 11) is 0. The molecule has 1 aliphatic carbocycles. The Morgan fingerprint density at radius 2 is 2.12 bits per heavy atom. The first-order chi connectivity index (χ1) is 7.93. The van der Waals surface area contributed by atoms with E-state index in [1.54, 1.807) is 0 Å². The highest BCUT2D eigenvalue weighted by molar-refractivity contribution is 5.85. The van der Waals surface area contributed by atoms with Crippen molar-refractivity contribution < 1.29 is 0 Å². The Kier molecular flexibility index (Phi) is 4.31. The van der Waals surface area contributed by atoms with Gasteiger partial charge in [0, 0.05) is 13.1 Å². The van der Waals surface area contributed by atoms with Crippen molar-refractivity contribution >= 4 is 12.4 Å². The summed E-state index contributed by atoms with van der Waals surface area (Å²) in [5.74, 6) is 1.03. The zero-order chi connectivity index (χ0) is 10.8. The Bertz CT molecular complexity index is 342. The highest BCUT2D eigenvalue weighted by atomic mass is 35.5. The third kappa shape index (κ3) is 3.14. The summed E-state index contributed by atoms with van der Waals surface area (Å²) in [6.45, 7) is 5.34. The molecule has 2 aliphatic rings. The molecule has 0 spiro atoms. The normalized spacial score (nSPS) is 21.9. The van der Waals surface area contributed by atoms with E-state index in [9.17, 15) is 0 Å². The van der Waals surface area contributed by atoms with Crippen LogP contribution in [0.15, 0.2) is 0 Å². The van der Waals surface area contributed by atoms with E-state index >= 15 is 0 Å². The van der Waals surface area contributed by atoms with Crippen LogP contribution in [0.5, 0.6) is 0 Å². The van der Waals surface area contributed by atoms with Crippen LogP contribution >= 0.6 is 12.4 Å². The smallest absolute Gasteiger partial charge is 0.165 e. The number of nitrogens with one attached hydrogen (secondary N) is 1. The molecule has 1 aliphatic heterocycles. The number of hydrogen-bond donors (Lipinski definition) is 1. The summed E-state index contributed by atoms with van der Waals surface area (Å²) in [5.41, 5.74) is 0. The van der Waals surface area contributed by atoms with Gasteiger partial charge in [0.25, 0.3) is 0 Å². The highest BCUT2D eigenvalue weighted by Gasteiger charge is 2.28. The van der Waals surface area contributed by atoms with E-state index in [1.807, 2.05) is 4.68 Å². The fraction of sp³-hybridized carbons (Fsp3) is 0.900. The minimum absolute atomic E-state index is 0. The SMILES string of the molecule is C1CNCCN(Cc2nnnn2C2CC2)C1.Cl. The number of aromatic nitrogens is 4. The van der Waals surface area contributed by atoms with E-state index < -0.39 is 0 Å². The highest BCUT2D eigenvalue weighted by Crippen LogP contribution is 2.34. The van der Waals surface area contributed by atoms with Crippen molar-refractivity contribution in [3.05, 3.63) is 5.82 Å². The van der Waals surface area contributed by atoms with Crippen LogP contribution in [-0.4, -0.2) is 51.3 Å². The predicted molar refractivity (Wildman–Crippen MR) is 66.1 cm³/mol. The third-order valence-electron chi connectivity index (χ3n) is 3.25. The summed E-state index contributed by atoms with van der Waals surface area (Å²) < 4.78 is 2.01. The molecular weight excluding hydrogens is 240 g/mol. The molecule has 17 heavy (non-hydrogen) atoms. The van der Waals surface area contributed by atoms with Crippen LogP contribution in [0.4, 0.5) is 0 Å². The van der Waals surface area contributed by atoms with Crippen molar-refractivity contribution in [3.8, 4) is 0 Å². The van der Waals surface area contributed by atoms with E-state index in [2.05, 4.69) is 25.7 Å². The summed E-state index contributed by atoms with van der Waals surface area (Å²) in [4.78, 5) is 2.44. The van der Waals surface area contributed by atoms with Crippen LogP contribution in [0.2, 0.25) is 0 Å². The molecule has 7 heteroatoms. The summed E-state index contributed by atoms with van der Waals surface area (Å²) in [6, 6.07) is 0.579. The van der Waals surface area contributed by atoms with Gasteiger partial charge in [-0.15, -0.1) is 17.5 Å². The quantitative estimate of drug-likeness (QED) is 0.841. The molecule has 6 nitrogen and oxygen atoms in total. The average Bonchev–Trinajstić information content (AvgIpc) is 3.07. The molecular formula is C10H19ClN6. The van der Waals surface area contributed by atoms with Gasteiger partial charge in [-0.3, -0.25) is 4.90 Å². The van der Waals surface area contributed by atoms with Gasteiger partial charge in [-0.05, 0) is 42.8 Å². The molecule has 0 atom stereocenters. The molecule has 0 unspecified atom stereocenters. The Balaban J connectivity index is 0.00000108. The molecule has 2 fully saturated rings. The first kappa shape index (κ1) is 12.7. The maximum absolute atomic E-state index is 4.14. The molecule has 3 rings (SSSR count). The van der Waals surface area contributed by atoms with Gasteiger partial charge in [0.15, 0.2) is 5.82 Å². The van der Waals surface area contributed by atoms with Gasteiger partial charge in [-0.25, -0.2) is 4.68 Å². The minimum Gasteiger partial charge on any atom is -0.315 e. The van der Waals surface area contributed by atoms with E-state index in [0.717, 1.165) is 38.5 Å². The lowest BCUT2D eigenvalue weighted by molar-refractivity contribution is 0.271. The van der Waals surface area contributed by atoms with Crippen molar-refractivity contribution in [2.75, 3.05) is 26.2 Å². The molecule has 1 aromatic heterocycles. The standard InChI is InChI=1S/C10H18N6.ClH/c1-4-11-5-7-15(6-1)8-10-12-13-14-16(10)9-2-3-9;/h9,11H,1-8H2;1H. The molecule has 1 saturated heterocycles. The Morgan fingerprint density at radius 1 is 1.24 bits per heavy atom. The Labute approximate surface area is 107 Å². The molecule has 96 valence electrons. The Morgan fingerprint density at radius 3 is 2.94 bits per heavy atom. The maximum Gasteiger partial charge on any atom is 0.165 e. The average molecular weight is 259 g/mol. The first-order valence-electron chi connectivity index (χ1n) is 6.13. The van der Waals surface area contributed by atoms with E-state index in [4.69, 9.17) is 0 Å². The number of rotatable bonds is 3. The summed E-state index contributed by atoms with van der Waals surface area (Å²) in [6.07, 6.45) is 3.68. The van der Waals surface area contributed by atoms with Crippen LogP contribution in [0.25, 0.3) is 0 Å². The van der Waals surface area contributed by atoms with E-state index in [-0.39, 0.29) is 12.4 Å². The fourth-order valence-electron chi connectivity index (χ4n) is 2.18. The van der Waals surface area contributed by atoms with E-state index in [1.165, 1.54) is 19.3 Å². The second kappa shape index (κ2) is 5.75. The van der Waals surface area contributed by atoms with Crippen molar-refractivity contribution in [1.82, 2.24) is 30.4 Å². The minimum atomic E-state index is 0. The van der Waals surface area contributed by atoms with Gasteiger partial charge in [0.05, 0.1) is 12.6 Å². The second-order valence-electron chi connectivity index (χ2n) is 4.65. The number of nitrogens with zero attached hydrogens (tertiary/aromatic N) is 5. The molecule has 1 N–H and O–H groups in total. The van der Waals surface area contributed by atoms with Crippen LogP contribution in [-0.2, 0) is 6.54 Å². The van der Waals surface area contributed by atoms with Crippen LogP contribution in [0, 0.1) is 0 Å². The largest absolute Gasteiger partial charge is 0.315 e. The molecule has 1 saturated carbocycles. The van der Waals surface area contributed by atoms with Gasteiger partial charge in [-0.2, -0.15) is 0 Å². The van der Waals surface area contributed by atoms with Gasteiger partial charge in [0.2, 0.25) is 0 Å². The van der Waals surface area contributed by atoms with Gasteiger partial charge >= 0.3 is 0 Å². The zero-order valence-electron chi connectivity index (χ0n) is 9.88. The second-order valence-corrected chi connectivity index (χ2v) is 4.65. The van der Waals surface area contributed by atoms with Crippen molar-refractivity contribution in [2.24, 2.45) is 0 Å². The van der Waals surface area contributed by atoms with E-state index in [0.29, 0.717) is 6.04 Å². The first-order valence-corrected chi connectivity index (χ1v) is 6.13. The lowest BCUT2D eigenvalue weighted by Crippen LogP contribution is -2.29. The molecule has 0 amide bonds. The van der Waals surface area contributed by atoms with Gasteiger partial charge < -0.3 is 5.32 Å². The van der Waals surface area contributed by atoms with Gasteiger partial charge in [-0.1, -0.05) is 0 Å². The third-order valence-corrected chi connectivity index (χ3v) is 3.25. The van der Waals surface area contributed by atoms with Crippen molar-refractivity contribution in [2.45, 2.75) is 31.8 Å². The topological polar surface area (TPSA) is 58.9 Å². The zero-order valence-corrected chi connectivity index (χ0v) is 10.7. The van der Waals surface area contributed by atoms with Crippen LogP contribution in [0.1, 0.15) is 31.1 Å². The molecule has 1 aromatic rings. The maximum atomic E-state index is 4.14. The van der Waals surface area contributed by atoms with Gasteiger partial charge in [0.1, 0.15) is 0 Å². The summed E-state index contributed by atoms with van der Waals surface area (Å²) in [5, 5.41) is 15.4. The molecule has 0 radical (unpaired) electrons. The lowest BCUT2D eigenvalue weighted by Gasteiger charge is -2.18. The number of tetrazole rings is 1. The molecule has 2 heterocycles. The number of halogens is 1. The molecule has 0 aromatic carbocycles. The monoisotopic (exact) mass is 258 g/mol. The molecule has 0 bridgehead atoms. The van der Waals surface area contributed by atoms with Crippen molar-refractivity contribution in [3.63, 3.8) is 0 Å². The van der Waals surface area contributed by atoms with Crippen molar-refractivity contribution in [1.29, 1.82) is 0 Å². The van der Waals surface area contributed by atoms with Crippen LogP contribution < -0.4 is 5.32 Å². The predicted octanol–water partition coefficient (Wildman–Crippen LogP) is 0.225. The summed E-state index contributed by atoms with van der Waals surface area (Å²) >= 11 is 0.